The van der Waals surface area contributed by atoms with Crippen molar-refractivity contribution in [1.29, 1.82) is 0 Å². The van der Waals surface area contributed by atoms with Crippen LogP contribution in [0.4, 0.5) is 5.82 Å². The molecule has 0 aromatic carbocycles. The summed E-state index contributed by atoms with van der Waals surface area (Å²) in [5, 5.41) is 0. The number of hydrogen-bond donors (Lipinski definition) is 0. The van der Waals surface area contributed by atoms with Gasteiger partial charge in [0.2, 0.25) is 0 Å². The smallest absolute Gasteiger partial charge is 0.131 e. The van der Waals surface area contributed by atoms with E-state index < -0.39 is 0 Å². The van der Waals surface area contributed by atoms with E-state index in [1.165, 1.54) is 31.2 Å². The van der Waals surface area contributed by atoms with Gasteiger partial charge in [-0.25, -0.2) is 4.98 Å². The molecular formula is C14H21BrN2. The van der Waals surface area contributed by atoms with E-state index in [2.05, 4.69) is 52.8 Å². The Morgan fingerprint density at radius 3 is 2.53 bits per heavy atom. The second-order valence-electron chi connectivity index (χ2n) is 5.32. The van der Waals surface area contributed by atoms with Crippen LogP contribution in [0.5, 0.6) is 0 Å². The molecule has 0 unspecified atom stereocenters. The van der Waals surface area contributed by atoms with Crippen molar-refractivity contribution >= 4 is 21.7 Å². The summed E-state index contributed by atoms with van der Waals surface area (Å²) in [5.41, 5.74) is 1.25. The molecule has 17 heavy (non-hydrogen) atoms. The minimum atomic E-state index is 0.665. The molecule has 94 valence electrons. The average molecular weight is 297 g/mol. The number of halogens is 1. The zero-order valence-corrected chi connectivity index (χ0v) is 12.5. The SMILES string of the molecule is Cc1cc(Br)cnc1N(C)C1CCC(C)CC1. The second-order valence-corrected chi connectivity index (χ2v) is 6.23. The van der Waals surface area contributed by atoms with Crippen molar-refractivity contribution in [2.24, 2.45) is 5.92 Å². The second kappa shape index (κ2) is 5.38. The number of anilines is 1. The number of aromatic nitrogens is 1. The first-order chi connectivity index (χ1) is 8.08. The Labute approximate surface area is 113 Å². The molecule has 1 aliphatic rings. The normalized spacial score (nSPS) is 24.7. The Hall–Kier alpha value is -0.570. The van der Waals surface area contributed by atoms with E-state index >= 15 is 0 Å². The number of pyridine rings is 1. The highest BCUT2D eigenvalue weighted by Gasteiger charge is 2.23. The highest BCUT2D eigenvalue weighted by atomic mass is 79.9. The van der Waals surface area contributed by atoms with Gasteiger partial charge in [-0.3, -0.25) is 0 Å². The van der Waals surface area contributed by atoms with Gasteiger partial charge in [-0.15, -0.1) is 0 Å². The summed E-state index contributed by atoms with van der Waals surface area (Å²) in [6.07, 6.45) is 7.20. The fourth-order valence-electron chi connectivity index (χ4n) is 2.71. The molecule has 0 spiro atoms. The van der Waals surface area contributed by atoms with Crippen molar-refractivity contribution in [3.05, 3.63) is 22.3 Å². The van der Waals surface area contributed by atoms with Crippen LogP contribution in [0.1, 0.15) is 38.2 Å². The molecule has 2 rings (SSSR count). The zero-order valence-electron chi connectivity index (χ0n) is 10.9. The Morgan fingerprint density at radius 2 is 1.94 bits per heavy atom. The molecule has 1 saturated carbocycles. The van der Waals surface area contributed by atoms with Gasteiger partial charge < -0.3 is 4.90 Å². The molecule has 0 amide bonds. The van der Waals surface area contributed by atoms with E-state index in [1.54, 1.807) is 0 Å². The van der Waals surface area contributed by atoms with Crippen LogP contribution < -0.4 is 4.90 Å². The van der Waals surface area contributed by atoms with Gasteiger partial charge in [0.1, 0.15) is 5.82 Å². The molecule has 1 aromatic rings. The fraction of sp³-hybridized carbons (Fsp3) is 0.643. The third kappa shape index (κ3) is 3.01. The Kier molecular flexibility index (Phi) is 4.08. The summed E-state index contributed by atoms with van der Waals surface area (Å²) in [4.78, 5) is 6.92. The lowest BCUT2D eigenvalue weighted by molar-refractivity contribution is 0.340. The van der Waals surface area contributed by atoms with Crippen molar-refractivity contribution in [1.82, 2.24) is 4.98 Å². The molecule has 1 aliphatic carbocycles. The first-order valence-corrected chi connectivity index (χ1v) is 7.22. The van der Waals surface area contributed by atoms with E-state index in [1.807, 2.05) is 6.20 Å². The van der Waals surface area contributed by atoms with E-state index in [4.69, 9.17) is 0 Å². The standard InChI is InChI=1S/C14H21BrN2/c1-10-4-6-13(7-5-10)17(3)14-11(2)8-12(15)9-16-14/h8-10,13H,4-7H2,1-3H3. The summed E-state index contributed by atoms with van der Waals surface area (Å²) in [5.74, 6) is 2.03. The molecule has 2 nitrogen and oxygen atoms in total. The van der Waals surface area contributed by atoms with Crippen LogP contribution in [0.15, 0.2) is 16.7 Å². The molecule has 3 heteroatoms. The van der Waals surface area contributed by atoms with Gasteiger partial charge >= 0.3 is 0 Å². The fourth-order valence-corrected chi connectivity index (χ4v) is 3.15. The molecule has 0 atom stereocenters. The maximum Gasteiger partial charge on any atom is 0.131 e. The van der Waals surface area contributed by atoms with Crippen LogP contribution in [-0.2, 0) is 0 Å². The molecular weight excluding hydrogens is 276 g/mol. The van der Waals surface area contributed by atoms with Crippen LogP contribution in [0.3, 0.4) is 0 Å². The van der Waals surface area contributed by atoms with Crippen molar-refractivity contribution in [3.8, 4) is 0 Å². The Morgan fingerprint density at radius 1 is 1.29 bits per heavy atom. The van der Waals surface area contributed by atoms with E-state index in [0.717, 1.165) is 16.2 Å². The summed E-state index contributed by atoms with van der Waals surface area (Å²) in [7, 11) is 2.18. The third-order valence-electron chi connectivity index (χ3n) is 3.88. The van der Waals surface area contributed by atoms with Crippen LogP contribution in [0, 0.1) is 12.8 Å². The molecule has 0 bridgehead atoms. The van der Waals surface area contributed by atoms with Crippen molar-refractivity contribution in [2.75, 3.05) is 11.9 Å². The maximum absolute atomic E-state index is 4.55. The molecule has 0 aliphatic heterocycles. The lowest BCUT2D eigenvalue weighted by Gasteiger charge is -2.35. The van der Waals surface area contributed by atoms with E-state index in [0.29, 0.717) is 6.04 Å². The van der Waals surface area contributed by atoms with Crippen LogP contribution in [-0.4, -0.2) is 18.1 Å². The first-order valence-electron chi connectivity index (χ1n) is 6.43. The maximum atomic E-state index is 4.55. The Bertz CT molecular complexity index is 384. The quantitative estimate of drug-likeness (QED) is 0.814. The minimum absolute atomic E-state index is 0.665. The van der Waals surface area contributed by atoms with E-state index in [-0.39, 0.29) is 0 Å². The molecule has 0 N–H and O–H groups in total. The van der Waals surface area contributed by atoms with Gasteiger partial charge in [0.15, 0.2) is 0 Å². The van der Waals surface area contributed by atoms with Gasteiger partial charge in [0.25, 0.3) is 0 Å². The van der Waals surface area contributed by atoms with E-state index in [9.17, 15) is 0 Å². The third-order valence-corrected chi connectivity index (χ3v) is 4.32. The van der Waals surface area contributed by atoms with Gasteiger partial charge in [0.05, 0.1) is 0 Å². The highest BCUT2D eigenvalue weighted by Crippen LogP contribution is 2.30. The van der Waals surface area contributed by atoms with Crippen LogP contribution >= 0.6 is 15.9 Å². The van der Waals surface area contributed by atoms with Crippen molar-refractivity contribution in [3.63, 3.8) is 0 Å². The topological polar surface area (TPSA) is 16.1 Å². The number of hydrogen-bond acceptors (Lipinski definition) is 2. The lowest BCUT2D eigenvalue weighted by atomic mass is 9.86. The zero-order chi connectivity index (χ0) is 12.4. The summed E-state index contributed by atoms with van der Waals surface area (Å²) >= 11 is 3.47. The highest BCUT2D eigenvalue weighted by molar-refractivity contribution is 9.10. The van der Waals surface area contributed by atoms with Crippen LogP contribution in [0.2, 0.25) is 0 Å². The van der Waals surface area contributed by atoms with Gasteiger partial charge in [-0.1, -0.05) is 6.92 Å². The summed E-state index contributed by atoms with van der Waals surface area (Å²) in [6.45, 7) is 4.49. The number of aryl methyl sites for hydroxylation is 1. The molecule has 0 radical (unpaired) electrons. The first kappa shape index (κ1) is 12.9. The molecule has 1 heterocycles. The van der Waals surface area contributed by atoms with Crippen molar-refractivity contribution in [2.45, 2.75) is 45.6 Å². The monoisotopic (exact) mass is 296 g/mol. The van der Waals surface area contributed by atoms with Crippen LogP contribution in [0.25, 0.3) is 0 Å². The minimum Gasteiger partial charge on any atom is -0.356 e. The summed E-state index contributed by atoms with van der Waals surface area (Å²) in [6, 6.07) is 2.81. The number of rotatable bonds is 2. The van der Waals surface area contributed by atoms with Crippen molar-refractivity contribution < 1.29 is 0 Å². The lowest BCUT2D eigenvalue weighted by Crippen LogP contribution is -2.35. The predicted molar refractivity (Wildman–Crippen MR) is 76.5 cm³/mol. The Balaban J connectivity index is 2.11. The predicted octanol–water partition coefficient (Wildman–Crippen LogP) is 4.17. The van der Waals surface area contributed by atoms with Gasteiger partial charge in [-0.2, -0.15) is 0 Å². The molecule has 1 fully saturated rings. The summed E-state index contributed by atoms with van der Waals surface area (Å²) < 4.78 is 1.06. The largest absolute Gasteiger partial charge is 0.356 e. The number of nitrogens with zero attached hydrogens (tertiary/aromatic N) is 2. The molecule has 1 aromatic heterocycles. The van der Waals surface area contributed by atoms with Gasteiger partial charge in [0, 0.05) is 23.8 Å². The molecule has 0 saturated heterocycles. The average Bonchev–Trinajstić information content (AvgIpc) is 2.29. The van der Waals surface area contributed by atoms with Gasteiger partial charge in [-0.05, 0) is 66.1 Å².